The number of carbonyl (C=O) groups is 1. The van der Waals surface area contributed by atoms with Gasteiger partial charge in [0.25, 0.3) is 0 Å². The fourth-order valence-corrected chi connectivity index (χ4v) is 2.12. The molecule has 0 radical (unpaired) electrons. The molecule has 0 heterocycles. The van der Waals surface area contributed by atoms with E-state index in [0.717, 1.165) is 0 Å². The van der Waals surface area contributed by atoms with E-state index >= 15 is 0 Å². The largest absolute Gasteiger partial charge is 0.466 e. The van der Waals surface area contributed by atoms with Crippen molar-refractivity contribution in [1.82, 2.24) is 0 Å². The van der Waals surface area contributed by atoms with E-state index in [9.17, 15) is 14.3 Å². The van der Waals surface area contributed by atoms with E-state index in [1.165, 1.54) is 24.3 Å². The van der Waals surface area contributed by atoms with Crippen LogP contribution in [0.4, 0.5) is 4.39 Å². The van der Waals surface area contributed by atoms with Crippen LogP contribution in [0.15, 0.2) is 48.5 Å². The van der Waals surface area contributed by atoms with Gasteiger partial charge in [0.1, 0.15) is 17.3 Å². The predicted molar refractivity (Wildman–Crippen MR) is 83.7 cm³/mol. The highest BCUT2D eigenvalue weighted by molar-refractivity contribution is 5.71. The minimum absolute atomic E-state index is 0.126. The summed E-state index contributed by atoms with van der Waals surface area (Å²) in [5, 5.41) is 10.4. The maximum Gasteiger partial charge on any atom is 0.309 e. The summed E-state index contributed by atoms with van der Waals surface area (Å²) in [6.07, 6.45) is -0.126. The Morgan fingerprint density at radius 2 is 1.61 bits per heavy atom. The van der Waals surface area contributed by atoms with Crippen molar-refractivity contribution in [2.45, 2.75) is 25.9 Å². The summed E-state index contributed by atoms with van der Waals surface area (Å²) in [6.45, 7) is 3.55. The van der Waals surface area contributed by atoms with Crippen LogP contribution in [0.5, 0.6) is 11.5 Å². The van der Waals surface area contributed by atoms with Crippen molar-refractivity contribution in [3.05, 3.63) is 59.9 Å². The highest BCUT2D eigenvalue weighted by atomic mass is 19.1. The van der Waals surface area contributed by atoms with Crippen LogP contribution in [-0.2, 0) is 15.1 Å². The third-order valence-corrected chi connectivity index (χ3v) is 3.32. The Morgan fingerprint density at radius 1 is 1.09 bits per heavy atom. The second-order valence-corrected chi connectivity index (χ2v) is 5.34. The lowest BCUT2D eigenvalue weighted by Crippen LogP contribution is -2.26. The van der Waals surface area contributed by atoms with Crippen LogP contribution < -0.4 is 4.74 Å². The van der Waals surface area contributed by atoms with Gasteiger partial charge >= 0.3 is 5.97 Å². The van der Waals surface area contributed by atoms with Crippen LogP contribution in [0.2, 0.25) is 0 Å². The molecular formula is C18H19FO4. The van der Waals surface area contributed by atoms with Gasteiger partial charge in [-0.15, -0.1) is 0 Å². The first kappa shape index (κ1) is 17.0. The second kappa shape index (κ2) is 7.24. The first-order chi connectivity index (χ1) is 10.9. The molecule has 5 heteroatoms. The summed E-state index contributed by atoms with van der Waals surface area (Å²) in [5.41, 5.74) is -0.738. The molecule has 1 atom stereocenters. The standard InChI is InChI=1S/C18H19FO4/c1-3-22-17(20)12-18(2,21)13-4-8-15(9-5-13)23-16-10-6-14(19)7-11-16/h4-11,21H,3,12H2,1-2H3. The number of carbonyl (C=O) groups excluding carboxylic acids is 1. The zero-order chi connectivity index (χ0) is 16.9. The molecule has 4 nitrogen and oxygen atoms in total. The van der Waals surface area contributed by atoms with E-state index in [1.807, 2.05) is 0 Å². The van der Waals surface area contributed by atoms with Gasteiger partial charge in [0.15, 0.2) is 0 Å². The Hall–Kier alpha value is -2.40. The number of hydrogen-bond donors (Lipinski definition) is 1. The first-order valence-corrected chi connectivity index (χ1v) is 7.32. The maximum atomic E-state index is 12.8. The molecule has 0 aromatic heterocycles. The number of esters is 1. The van der Waals surface area contributed by atoms with Crippen LogP contribution in [0.3, 0.4) is 0 Å². The quantitative estimate of drug-likeness (QED) is 0.824. The van der Waals surface area contributed by atoms with Crippen LogP contribution >= 0.6 is 0 Å². The van der Waals surface area contributed by atoms with E-state index in [1.54, 1.807) is 38.1 Å². The molecule has 0 aliphatic carbocycles. The van der Waals surface area contributed by atoms with E-state index in [2.05, 4.69) is 0 Å². The average molecular weight is 318 g/mol. The van der Waals surface area contributed by atoms with E-state index in [0.29, 0.717) is 17.1 Å². The second-order valence-electron chi connectivity index (χ2n) is 5.34. The number of hydrogen-bond acceptors (Lipinski definition) is 4. The molecule has 2 aromatic carbocycles. The van der Waals surface area contributed by atoms with Crippen molar-refractivity contribution in [1.29, 1.82) is 0 Å². The highest BCUT2D eigenvalue weighted by Gasteiger charge is 2.27. The van der Waals surface area contributed by atoms with Gasteiger partial charge in [0.05, 0.1) is 18.6 Å². The molecule has 122 valence electrons. The molecule has 1 N–H and O–H groups in total. The molecule has 1 unspecified atom stereocenters. The predicted octanol–water partition coefficient (Wildman–Crippen LogP) is 3.78. The molecule has 0 bridgehead atoms. The summed E-state index contributed by atoms with van der Waals surface area (Å²) >= 11 is 0. The number of rotatable bonds is 6. The summed E-state index contributed by atoms with van der Waals surface area (Å²) in [7, 11) is 0. The average Bonchev–Trinajstić information content (AvgIpc) is 2.50. The van der Waals surface area contributed by atoms with E-state index in [4.69, 9.17) is 9.47 Å². The smallest absolute Gasteiger partial charge is 0.309 e. The molecule has 23 heavy (non-hydrogen) atoms. The molecule has 2 aromatic rings. The van der Waals surface area contributed by atoms with Gasteiger partial charge in [-0.1, -0.05) is 12.1 Å². The Morgan fingerprint density at radius 3 is 2.13 bits per heavy atom. The fraction of sp³-hybridized carbons (Fsp3) is 0.278. The molecular weight excluding hydrogens is 299 g/mol. The minimum atomic E-state index is -1.32. The van der Waals surface area contributed by atoms with Crippen molar-refractivity contribution < 1.29 is 23.8 Å². The van der Waals surface area contributed by atoms with Gasteiger partial charge in [-0.2, -0.15) is 0 Å². The topological polar surface area (TPSA) is 55.8 Å². The summed E-state index contributed by atoms with van der Waals surface area (Å²) in [5.74, 6) is 0.275. The van der Waals surface area contributed by atoms with Gasteiger partial charge < -0.3 is 14.6 Å². The van der Waals surface area contributed by atoms with Gasteiger partial charge in [-0.25, -0.2) is 4.39 Å². The molecule has 2 rings (SSSR count). The van der Waals surface area contributed by atoms with Crippen LogP contribution in [0, 0.1) is 5.82 Å². The Kier molecular flexibility index (Phi) is 5.34. The van der Waals surface area contributed by atoms with Crippen molar-refractivity contribution in [2.24, 2.45) is 0 Å². The van der Waals surface area contributed by atoms with Crippen molar-refractivity contribution in [3.63, 3.8) is 0 Å². The first-order valence-electron chi connectivity index (χ1n) is 7.32. The van der Waals surface area contributed by atoms with Crippen molar-refractivity contribution in [2.75, 3.05) is 6.61 Å². The minimum Gasteiger partial charge on any atom is -0.466 e. The molecule has 0 aliphatic heterocycles. The highest BCUT2D eigenvalue weighted by Crippen LogP contribution is 2.28. The third kappa shape index (κ3) is 4.79. The number of benzene rings is 2. The summed E-state index contributed by atoms with van der Waals surface area (Å²) in [4.78, 5) is 11.5. The molecule has 0 fully saturated rings. The molecule has 0 saturated heterocycles. The lowest BCUT2D eigenvalue weighted by atomic mass is 9.92. The lowest BCUT2D eigenvalue weighted by molar-refractivity contribution is -0.148. The Labute approximate surface area is 134 Å². The molecule has 0 aliphatic rings. The number of halogens is 1. The maximum absolute atomic E-state index is 12.8. The van der Waals surface area contributed by atoms with Gasteiger partial charge in [-0.05, 0) is 55.8 Å². The number of ether oxygens (including phenoxy) is 2. The van der Waals surface area contributed by atoms with E-state index in [-0.39, 0.29) is 18.8 Å². The summed E-state index contributed by atoms with van der Waals surface area (Å²) < 4.78 is 23.3. The summed E-state index contributed by atoms with van der Waals surface area (Å²) in [6, 6.07) is 12.4. The van der Waals surface area contributed by atoms with E-state index < -0.39 is 11.6 Å². The SMILES string of the molecule is CCOC(=O)CC(C)(O)c1ccc(Oc2ccc(F)cc2)cc1. The van der Waals surface area contributed by atoms with Gasteiger partial charge in [-0.3, -0.25) is 4.79 Å². The van der Waals surface area contributed by atoms with Crippen molar-refractivity contribution in [3.8, 4) is 11.5 Å². The molecule has 0 saturated carbocycles. The van der Waals surface area contributed by atoms with Crippen LogP contribution in [-0.4, -0.2) is 17.7 Å². The van der Waals surface area contributed by atoms with Gasteiger partial charge in [0.2, 0.25) is 0 Å². The molecule has 0 amide bonds. The lowest BCUT2D eigenvalue weighted by Gasteiger charge is -2.23. The monoisotopic (exact) mass is 318 g/mol. The third-order valence-electron chi connectivity index (χ3n) is 3.32. The molecule has 0 spiro atoms. The zero-order valence-corrected chi connectivity index (χ0v) is 13.1. The normalized spacial score (nSPS) is 13.2. The Bertz CT molecular complexity index is 648. The fourth-order valence-electron chi connectivity index (χ4n) is 2.12. The van der Waals surface area contributed by atoms with Crippen LogP contribution in [0.25, 0.3) is 0 Å². The van der Waals surface area contributed by atoms with Gasteiger partial charge in [0, 0.05) is 0 Å². The van der Waals surface area contributed by atoms with Crippen molar-refractivity contribution >= 4 is 5.97 Å². The zero-order valence-electron chi connectivity index (χ0n) is 13.1. The van der Waals surface area contributed by atoms with Crippen LogP contribution in [0.1, 0.15) is 25.8 Å². The Balaban J connectivity index is 2.06. The number of aliphatic hydroxyl groups is 1.